The van der Waals surface area contributed by atoms with Gasteiger partial charge >= 0.3 is 0 Å². The van der Waals surface area contributed by atoms with E-state index < -0.39 is 11.6 Å². The van der Waals surface area contributed by atoms with Gasteiger partial charge in [0.25, 0.3) is 0 Å². The van der Waals surface area contributed by atoms with E-state index in [0.29, 0.717) is 5.92 Å². The molecular formula is C28H40F2. The fourth-order valence-corrected chi connectivity index (χ4v) is 7.21. The van der Waals surface area contributed by atoms with Gasteiger partial charge in [0.15, 0.2) is 0 Å². The van der Waals surface area contributed by atoms with Crippen LogP contribution in [0, 0.1) is 41.2 Å². The molecule has 3 aliphatic carbocycles. The minimum Gasteiger partial charge on any atom is -0.207 e. The van der Waals surface area contributed by atoms with Crippen LogP contribution in [0.3, 0.4) is 0 Å². The van der Waals surface area contributed by atoms with Gasteiger partial charge in [0, 0.05) is 5.56 Å². The molecule has 4 unspecified atom stereocenters. The van der Waals surface area contributed by atoms with Gasteiger partial charge in [0.1, 0.15) is 11.6 Å². The van der Waals surface area contributed by atoms with Gasteiger partial charge in [0.05, 0.1) is 0 Å². The van der Waals surface area contributed by atoms with Crippen molar-refractivity contribution in [2.75, 3.05) is 0 Å². The molecule has 0 radical (unpaired) electrons. The minimum absolute atomic E-state index is 0.164. The lowest BCUT2D eigenvalue weighted by Crippen LogP contribution is -2.34. The second-order valence-electron chi connectivity index (χ2n) is 10.6. The molecule has 2 heteroatoms. The molecule has 0 aromatic heterocycles. The van der Waals surface area contributed by atoms with Crippen LogP contribution in [0.15, 0.2) is 24.8 Å². The lowest BCUT2D eigenvalue weighted by Gasteiger charge is -2.45. The number of allylic oxidation sites excluding steroid dienone is 1. The summed E-state index contributed by atoms with van der Waals surface area (Å²) >= 11 is 0. The van der Waals surface area contributed by atoms with Gasteiger partial charge in [-0.1, -0.05) is 38.7 Å². The minimum atomic E-state index is -0.394. The summed E-state index contributed by atoms with van der Waals surface area (Å²) in [5, 5.41) is 0. The third-order valence-corrected chi connectivity index (χ3v) is 8.89. The first kappa shape index (κ1) is 22.0. The van der Waals surface area contributed by atoms with Crippen molar-refractivity contribution in [2.45, 2.75) is 96.3 Å². The normalized spacial score (nSPS) is 34.4. The highest BCUT2D eigenvalue weighted by atomic mass is 19.1. The largest absolute Gasteiger partial charge is 0.207 e. The summed E-state index contributed by atoms with van der Waals surface area (Å²) in [6.07, 6.45) is 18.1. The van der Waals surface area contributed by atoms with Crippen molar-refractivity contribution in [2.24, 2.45) is 29.6 Å². The van der Waals surface area contributed by atoms with Crippen molar-refractivity contribution in [1.29, 1.82) is 0 Å². The summed E-state index contributed by atoms with van der Waals surface area (Å²) in [6.45, 7) is 5.94. The lowest BCUT2D eigenvalue weighted by atomic mass is 9.60. The third kappa shape index (κ3) is 4.83. The Hall–Kier alpha value is -1.18. The van der Waals surface area contributed by atoms with Crippen LogP contribution in [-0.4, -0.2) is 0 Å². The van der Waals surface area contributed by atoms with Gasteiger partial charge in [-0.2, -0.15) is 0 Å². The molecule has 1 aromatic carbocycles. The van der Waals surface area contributed by atoms with E-state index >= 15 is 0 Å². The van der Waals surface area contributed by atoms with Crippen molar-refractivity contribution in [3.8, 4) is 0 Å². The van der Waals surface area contributed by atoms with Crippen LogP contribution >= 0.6 is 0 Å². The van der Waals surface area contributed by atoms with E-state index in [1.165, 1.54) is 64.2 Å². The molecule has 0 saturated heterocycles. The molecule has 0 spiro atoms. The standard InChI is InChI=1S/C28H40F2/c1-3-5-19-7-9-20(10-8-19)21-11-12-23-16-24(14-13-22(23)15-21)25-17-27(29)26(6-4-2)28(30)18-25/h4,17-24H,2-3,5-16H2,1H3. The lowest BCUT2D eigenvalue weighted by molar-refractivity contribution is 0.0711. The van der Waals surface area contributed by atoms with Crippen molar-refractivity contribution >= 4 is 0 Å². The van der Waals surface area contributed by atoms with E-state index in [4.69, 9.17) is 0 Å². The molecule has 0 aliphatic heterocycles. The number of hydrogen-bond acceptors (Lipinski definition) is 0. The summed E-state index contributed by atoms with van der Waals surface area (Å²) in [5.41, 5.74) is 1.05. The van der Waals surface area contributed by atoms with Gasteiger partial charge in [-0.25, -0.2) is 8.78 Å². The van der Waals surface area contributed by atoms with Crippen molar-refractivity contribution in [1.82, 2.24) is 0 Å². The maximum atomic E-state index is 14.4. The van der Waals surface area contributed by atoms with E-state index in [1.54, 1.807) is 18.2 Å². The molecule has 4 rings (SSSR count). The molecular weight excluding hydrogens is 374 g/mol. The molecule has 0 N–H and O–H groups in total. The van der Waals surface area contributed by atoms with Crippen LogP contribution in [0.4, 0.5) is 8.78 Å². The Balaban J connectivity index is 1.33. The average molecular weight is 415 g/mol. The third-order valence-electron chi connectivity index (χ3n) is 8.89. The Labute approximate surface area is 182 Å². The topological polar surface area (TPSA) is 0 Å². The number of halogens is 2. The van der Waals surface area contributed by atoms with Gasteiger partial charge in [-0.3, -0.25) is 0 Å². The highest BCUT2D eigenvalue weighted by Crippen LogP contribution is 2.51. The first-order chi connectivity index (χ1) is 14.6. The molecule has 3 saturated carbocycles. The summed E-state index contributed by atoms with van der Waals surface area (Å²) in [5.74, 6) is 4.06. The quantitative estimate of drug-likeness (QED) is 0.409. The molecule has 0 heterocycles. The highest BCUT2D eigenvalue weighted by Gasteiger charge is 2.39. The molecule has 3 aliphatic rings. The Morgan fingerprint density at radius 3 is 2.03 bits per heavy atom. The van der Waals surface area contributed by atoms with Gasteiger partial charge in [0.2, 0.25) is 0 Å². The maximum absolute atomic E-state index is 14.4. The molecule has 0 amide bonds. The van der Waals surface area contributed by atoms with Crippen LogP contribution in [0.1, 0.15) is 101 Å². The van der Waals surface area contributed by atoms with E-state index in [0.717, 1.165) is 48.0 Å². The number of hydrogen-bond donors (Lipinski definition) is 0. The van der Waals surface area contributed by atoms with E-state index in [1.807, 2.05) is 0 Å². The van der Waals surface area contributed by atoms with E-state index in [2.05, 4.69) is 13.5 Å². The van der Waals surface area contributed by atoms with Crippen LogP contribution in [-0.2, 0) is 6.42 Å². The Morgan fingerprint density at radius 1 is 0.833 bits per heavy atom. The molecule has 0 bridgehead atoms. The second kappa shape index (κ2) is 9.96. The van der Waals surface area contributed by atoms with Crippen molar-refractivity contribution in [3.05, 3.63) is 47.5 Å². The number of fused-ring (bicyclic) bond motifs is 1. The summed E-state index contributed by atoms with van der Waals surface area (Å²) in [6, 6.07) is 3.21. The zero-order valence-electron chi connectivity index (χ0n) is 18.9. The van der Waals surface area contributed by atoms with Gasteiger partial charge in [-0.05, 0) is 111 Å². The summed E-state index contributed by atoms with van der Waals surface area (Å²) in [4.78, 5) is 0. The van der Waals surface area contributed by atoms with Crippen molar-refractivity contribution < 1.29 is 8.78 Å². The number of benzene rings is 1. The van der Waals surface area contributed by atoms with Gasteiger partial charge < -0.3 is 0 Å². The predicted octanol–water partition coefficient (Wildman–Crippen LogP) is 8.60. The monoisotopic (exact) mass is 414 g/mol. The fourth-order valence-electron chi connectivity index (χ4n) is 7.21. The first-order valence-electron chi connectivity index (χ1n) is 12.7. The second-order valence-corrected chi connectivity index (χ2v) is 10.6. The molecule has 0 nitrogen and oxygen atoms in total. The molecule has 4 atom stereocenters. The van der Waals surface area contributed by atoms with Crippen LogP contribution in [0.5, 0.6) is 0 Å². The first-order valence-corrected chi connectivity index (χ1v) is 12.7. The van der Waals surface area contributed by atoms with Crippen LogP contribution in [0.25, 0.3) is 0 Å². The zero-order chi connectivity index (χ0) is 21.1. The molecule has 3 fully saturated rings. The van der Waals surface area contributed by atoms with E-state index in [9.17, 15) is 8.78 Å². The van der Waals surface area contributed by atoms with Crippen molar-refractivity contribution in [3.63, 3.8) is 0 Å². The summed E-state index contributed by atoms with van der Waals surface area (Å²) in [7, 11) is 0. The summed E-state index contributed by atoms with van der Waals surface area (Å²) < 4.78 is 28.9. The maximum Gasteiger partial charge on any atom is 0.129 e. The molecule has 166 valence electrons. The Bertz CT molecular complexity index is 692. The predicted molar refractivity (Wildman–Crippen MR) is 122 cm³/mol. The van der Waals surface area contributed by atoms with Gasteiger partial charge in [-0.15, -0.1) is 6.58 Å². The zero-order valence-corrected chi connectivity index (χ0v) is 18.9. The number of rotatable bonds is 6. The SMILES string of the molecule is C=CCc1c(F)cc(C2CCC3CC(C4CCC(CCC)CC4)CCC3C2)cc1F. The Kier molecular flexibility index (Phi) is 7.32. The smallest absolute Gasteiger partial charge is 0.129 e. The molecule has 1 aromatic rings. The average Bonchev–Trinajstić information content (AvgIpc) is 2.76. The Morgan fingerprint density at radius 2 is 1.40 bits per heavy atom. The fraction of sp³-hybridized carbons (Fsp3) is 0.714. The molecule has 30 heavy (non-hydrogen) atoms. The van der Waals surface area contributed by atoms with E-state index in [-0.39, 0.29) is 12.0 Å². The highest BCUT2D eigenvalue weighted by molar-refractivity contribution is 5.30. The van der Waals surface area contributed by atoms with Crippen LogP contribution < -0.4 is 0 Å². The van der Waals surface area contributed by atoms with Crippen LogP contribution in [0.2, 0.25) is 0 Å².